The van der Waals surface area contributed by atoms with Crippen LogP contribution in [0.5, 0.6) is 0 Å². The number of nitrogens with zero attached hydrogens (tertiary/aromatic N) is 4. The average Bonchev–Trinajstić information content (AvgIpc) is 3.23. The normalized spacial score (nSPS) is 23.0. The average molecular weight is 514 g/mol. The lowest BCUT2D eigenvalue weighted by Crippen LogP contribution is -2.48. The maximum atomic E-state index is 12.7. The molecule has 12 heteroatoms. The first kappa shape index (κ1) is 24.2. The van der Waals surface area contributed by atoms with Crippen LogP contribution >= 0.6 is 11.6 Å². The molecule has 11 nitrogen and oxygen atoms in total. The molecule has 0 aliphatic carbocycles. The largest absolute Gasteiger partial charge is 0.389 e. The monoisotopic (exact) mass is 513 g/mol. The van der Waals surface area contributed by atoms with Crippen molar-refractivity contribution in [1.82, 2.24) is 5.43 Å². The molecule has 0 aromatic heterocycles. The van der Waals surface area contributed by atoms with Crippen molar-refractivity contribution >= 4 is 40.8 Å². The molecular formula is C24H24ClN5O6. The number of halogens is 1. The van der Waals surface area contributed by atoms with Crippen molar-refractivity contribution in [3.8, 4) is 0 Å². The van der Waals surface area contributed by atoms with E-state index in [0.717, 1.165) is 11.3 Å². The number of carbonyl (C=O) groups is 1. The van der Waals surface area contributed by atoms with E-state index in [-0.39, 0.29) is 30.5 Å². The fourth-order valence-corrected chi connectivity index (χ4v) is 4.58. The van der Waals surface area contributed by atoms with E-state index in [2.05, 4.69) is 20.6 Å². The number of fused-ring (bicyclic) bond motifs is 1. The molecule has 36 heavy (non-hydrogen) atoms. The van der Waals surface area contributed by atoms with Crippen LogP contribution in [0.2, 0.25) is 5.02 Å². The lowest BCUT2D eigenvalue weighted by Gasteiger charge is -2.41. The number of non-ortho nitro benzene ring substituents is 1. The van der Waals surface area contributed by atoms with Gasteiger partial charge in [0.1, 0.15) is 0 Å². The van der Waals surface area contributed by atoms with Crippen LogP contribution < -0.4 is 10.3 Å². The molecule has 1 N–H and O–H groups in total. The minimum atomic E-state index is -0.778. The summed E-state index contributed by atoms with van der Waals surface area (Å²) in [5.74, 6) is -1.61. The summed E-state index contributed by atoms with van der Waals surface area (Å²) in [7, 11) is 0. The van der Waals surface area contributed by atoms with Gasteiger partial charge in [-0.25, -0.2) is 5.43 Å². The molecule has 2 fully saturated rings. The Hall–Kier alpha value is -3.54. The Morgan fingerprint density at radius 1 is 1.14 bits per heavy atom. The van der Waals surface area contributed by atoms with Gasteiger partial charge in [0, 0.05) is 48.8 Å². The highest BCUT2D eigenvalue weighted by Gasteiger charge is 2.47. The van der Waals surface area contributed by atoms with E-state index in [1.807, 2.05) is 0 Å². The van der Waals surface area contributed by atoms with E-state index in [9.17, 15) is 14.9 Å². The van der Waals surface area contributed by atoms with Crippen LogP contribution in [0.15, 0.2) is 58.8 Å². The summed E-state index contributed by atoms with van der Waals surface area (Å²) >= 11 is 5.88. The first-order valence-electron chi connectivity index (χ1n) is 11.5. The van der Waals surface area contributed by atoms with Crippen molar-refractivity contribution in [1.29, 1.82) is 0 Å². The number of nitro groups is 1. The molecule has 3 heterocycles. The fourth-order valence-electron chi connectivity index (χ4n) is 4.45. The number of nitro benzene ring substituents is 1. The van der Waals surface area contributed by atoms with Gasteiger partial charge in [0.05, 0.1) is 30.3 Å². The highest BCUT2D eigenvalue weighted by molar-refractivity contribution is 6.40. The summed E-state index contributed by atoms with van der Waals surface area (Å²) in [6, 6.07) is 13.5. The van der Waals surface area contributed by atoms with Crippen molar-refractivity contribution in [2.75, 3.05) is 31.2 Å². The smallest absolute Gasteiger partial charge is 0.289 e. The van der Waals surface area contributed by atoms with Crippen LogP contribution in [0.25, 0.3) is 0 Å². The molecule has 0 bridgehead atoms. The van der Waals surface area contributed by atoms with Gasteiger partial charge in [0.15, 0.2) is 17.6 Å². The Labute approximate surface area is 211 Å². The third-order valence-electron chi connectivity index (χ3n) is 6.56. The predicted molar refractivity (Wildman–Crippen MR) is 132 cm³/mol. The first-order chi connectivity index (χ1) is 17.4. The number of hydrazone groups is 1. The Morgan fingerprint density at radius 3 is 2.53 bits per heavy atom. The zero-order chi connectivity index (χ0) is 25.1. The first-order valence-corrected chi connectivity index (χ1v) is 11.9. The van der Waals surface area contributed by atoms with E-state index in [1.165, 1.54) is 18.3 Å². The van der Waals surface area contributed by atoms with Crippen molar-refractivity contribution in [3.05, 3.63) is 69.2 Å². The molecule has 3 aliphatic heterocycles. The van der Waals surface area contributed by atoms with Gasteiger partial charge in [0.2, 0.25) is 0 Å². The fraction of sp³-hybridized carbons (Fsp3) is 0.375. The SMILES string of the molecule is O=C(NN=Cc1ccc(Cl)cc1)C1=NOC2COC3(CCN(c4ccc([N+](=O)[O-])cc4)CC3)OCC12. The molecule has 2 aromatic carbocycles. The van der Waals surface area contributed by atoms with Gasteiger partial charge in [-0.1, -0.05) is 28.9 Å². The van der Waals surface area contributed by atoms with Crippen molar-refractivity contribution in [2.45, 2.75) is 24.7 Å². The second kappa shape index (κ2) is 10.2. The van der Waals surface area contributed by atoms with Crippen molar-refractivity contribution in [3.63, 3.8) is 0 Å². The standard InChI is InChI=1S/C24H24ClN5O6/c25-17-3-1-16(2-4-17)13-26-27-23(31)22-20-14-34-24(35-15-21(20)36-28-22)9-11-29(12-10-24)18-5-7-19(8-6-18)30(32)33/h1-8,13,20-21H,9-12,14-15H2,(H,27,31). The number of hydrogen-bond acceptors (Lipinski definition) is 9. The molecule has 0 radical (unpaired) electrons. The minimum Gasteiger partial charge on any atom is -0.389 e. The van der Waals surface area contributed by atoms with Crippen LogP contribution in [0.1, 0.15) is 18.4 Å². The second-order valence-corrected chi connectivity index (χ2v) is 9.21. The Balaban J connectivity index is 1.16. The number of ether oxygens (including phenoxy) is 2. The summed E-state index contributed by atoms with van der Waals surface area (Å²) < 4.78 is 12.4. The van der Waals surface area contributed by atoms with Crippen LogP contribution in [-0.4, -0.2) is 61.0 Å². The van der Waals surface area contributed by atoms with Gasteiger partial charge >= 0.3 is 0 Å². The number of amides is 1. The van der Waals surface area contributed by atoms with Crippen molar-refractivity contribution < 1.29 is 24.0 Å². The molecule has 2 saturated heterocycles. The summed E-state index contributed by atoms with van der Waals surface area (Å²) in [6.45, 7) is 1.80. The van der Waals surface area contributed by atoms with Gasteiger partial charge in [-0.3, -0.25) is 14.9 Å². The number of piperidine rings is 1. The molecule has 5 rings (SSSR count). The molecule has 3 aliphatic rings. The minimum absolute atomic E-state index is 0.0615. The molecular weight excluding hydrogens is 490 g/mol. The van der Waals surface area contributed by atoms with E-state index in [4.69, 9.17) is 25.9 Å². The number of hydrogen-bond donors (Lipinski definition) is 1. The number of rotatable bonds is 5. The third-order valence-corrected chi connectivity index (χ3v) is 6.81. The van der Waals surface area contributed by atoms with E-state index in [1.54, 1.807) is 36.4 Å². The molecule has 0 saturated carbocycles. The Morgan fingerprint density at radius 2 is 1.83 bits per heavy atom. The van der Waals surface area contributed by atoms with E-state index < -0.39 is 22.7 Å². The van der Waals surface area contributed by atoms with Crippen LogP contribution in [0, 0.1) is 16.0 Å². The van der Waals surface area contributed by atoms with Gasteiger partial charge < -0.3 is 19.2 Å². The second-order valence-electron chi connectivity index (χ2n) is 8.77. The summed E-state index contributed by atoms with van der Waals surface area (Å²) in [5.41, 5.74) is 4.47. The maximum Gasteiger partial charge on any atom is 0.289 e. The van der Waals surface area contributed by atoms with Gasteiger partial charge in [-0.05, 0) is 29.8 Å². The quantitative estimate of drug-likeness (QED) is 0.369. The van der Waals surface area contributed by atoms with Crippen LogP contribution in [0.3, 0.4) is 0 Å². The van der Waals surface area contributed by atoms with Gasteiger partial charge in [-0.2, -0.15) is 5.10 Å². The summed E-state index contributed by atoms with van der Waals surface area (Å²) in [5, 5.41) is 19.5. The molecule has 1 spiro atoms. The van der Waals surface area contributed by atoms with Crippen LogP contribution in [-0.2, 0) is 19.1 Å². The number of nitrogens with one attached hydrogen (secondary N) is 1. The zero-order valence-electron chi connectivity index (χ0n) is 19.2. The highest BCUT2D eigenvalue weighted by atomic mass is 35.5. The van der Waals surface area contributed by atoms with E-state index >= 15 is 0 Å². The van der Waals surface area contributed by atoms with E-state index in [0.29, 0.717) is 31.0 Å². The number of oxime groups is 1. The van der Waals surface area contributed by atoms with Gasteiger partial charge in [0.25, 0.3) is 11.6 Å². The predicted octanol–water partition coefficient (Wildman–Crippen LogP) is 3.11. The Bertz CT molecular complexity index is 1180. The number of anilines is 1. The maximum absolute atomic E-state index is 12.7. The lowest BCUT2D eigenvalue weighted by atomic mass is 9.98. The molecule has 2 unspecified atom stereocenters. The summed E-state index contributed by atoms with van der Waals surface area (Å²) in [4.78, 5) is 30.8. The number of carbonyl (C=O) groups excluding carboxylic acids is 1. The highest BCUT2D eigenvalue weighted by Crippen LogP contribution is 2.36. The molecule has 2 atom stereocenters. The molecule has 188 valence electrons. The van der Waals surface area contributed by atoms with Crippen molar-refractivity contribution in [2.24, 2.45) is 16.2 Å². The zero-order valence-corrected chi connectivity index (χ0v) is 20.0. The summed E-state index contributed by atoms with van der Waals surface area (Å²) in [6.07, 6.45) is 2.31. The number of benzene rings is 2. The third kappa shape index (κ3) is 5.18. The lowest BCUT2D eigenvalue weighted by molar-refractivity contribution is -0.384. The van der Waals surface area contributed by atoms with Crippen LogP contribution in [0.4, 0.5) is 11.4 Å². The molecule has 2 aromatic rings. The van der Waals surface area contributed by atoms with Gasteiger partial charge in [-0.15, -0.1) is 0 Å². The topological polar surface area (TPSA) is 128 Å². The Kier molecular flexibility index (Phi) is 6.86. The molecule has 1 amide bonds.